The first-order valence-corrected chi connectivity index (χ1v) is 9.45. The highest BCUT2D eigenvalue weighted by Crippen LogP contribution is 2.21. The number of hydrogen-bond donors (Lipinski definition) is 4. The zero-order chi connectivity index (χ0) is 18.1. The van der Waals surface area contributed by atoms with Gasteiger partial charge in [0.2, 0.25) is 0 Å². The molecule has 0 aliphatic carbocycles. The molecule has 0 atom stereocenters. The molecule has 0 unspecified atom stereocenters. The number of aliphatic hydroxyl groups excluding tert-OH is 2. The number of rotatable bonds is 12. The van der Waals surface area contributed by atoms with Crippen LogP contribution in [0.25, 0.3) is 0 Å². The Balaban J connectivity index is 2.27. The van der Waals surface area contributed by atoms with Gasteiger partial charge in [0.1, 0.15) is 0 Å². The second-order valence-electron chi connectivity index (χ2n) is 8.15. The van der Waals surface area contributed by atoms with Gasteiger partial charge < -0.3 is 20.8 Å². The summed E-state index contributed by atoms with van der Waals surface area (Å²) < 4.78 is 0. The fraction of sp³-hybridized carbons (Fsp3) is 1.00. The first-order valence-electron chi connectivity index (χ1n) is 9.45. The Labute approximate surface area is 148 Å². The van der Waals surface area contributed by atoms with Gasteiger partial charge >= 0.3 is 0 Å². The maximum atomic E-state index is 9.05. The second-order valence-corrected chi connectivity index (χ2v) is 8.15. The third kappa shape index (κ3) is 8.23. The normalized spacial score (nSPS) is 18.2. The van der Waals surface area contributed by atoms with E-state index >= 15 is 0 Å². The van der Waals surface area contributed by atoms with E-state index in [1.165, 1.54) is 0 Å². The highest BCUT2D eigenvalue weighted by atomic mass is 16.3. The molecule has 1 fully saturated rings. The van der Waals surface area contributed by atoms with E-state index in [2.05, 4.69) is 48.1 Å². The van der Waals surface area contributed by atoms with Gasteiger partial charge in [-0.15, -0.1) is 0 Å². The Hall–Kier alpha value is -0.240. The lowest BCUT2D eigenvalue weighted by atomic mass is 9.95. The molecule has 1 heterocycles. The predicted molar refractivity (Wildman–Crippen MR) is 100 cm³/mol. The van der Waals surface area contributed by atoms with Crippen LogP contribution in [0.4, 0.5) is 0 Å². The number of nitrogens with zero attached hydrogens (tertiary/aromatic N) is 2. The minimum absolute atomic E-state index is 0.109. The number of piperazine rings is 1. The van der Waals surface area contributed by atoms with E-state index in [-0.39, 0.29) is 24.3 Å². The fourth-order valence-corrected chi connectivity index (χ4v) is 3.28. The van der Waals surface area contributed by atoms with Crippen LogP contribution in [0.3, 0.4) is 0 Å². The van der Waals surface area contributed by atoms with Gasteiger partial charge in [0, 0.05) is 50.3 Å². The molecule has 4 N–H and O–H groups in total. The van der Waals surface area contributed by atoms with Crippen molar-refractivity contribution in [1.29, 1.82) is 0 Å². The summed E-state index contributed by atoms with van der Waals surface area (Å²) in [5, 5.41) is 24.8. The quantitative estimate of drug-likeness (QED) is 0.377. The number of nitrogens with one attached hydrogen (secondary N) is 2. The van der Waals surface area contributed by atoms with Crippen LogP contribution in [-0.2, 0) is 0 Å². The number of hydrogen-bond acceptors (Lipinski definition) is 6. The lowest BCUT2D eigenvalue weighted by molar-refractivity contribution is 0.0404. The first kappa shape index (κ1) is 21.8. The van der Waals surface area contributed by atoms with Gasteiger partial charge in [0.05, 0.1) is 13.2 Å². The molecule has 0 bridgehead atoms. The van der Waals surface area contributed by atoms with E-state index in [1.807, 2.05) is 0 Å². The fourth-order valence-electron chi connectivity index (χ4n) is 3.28. The molecule has 0 aromatic rings. The molecule has 1 aliphatic rings. The van der Waals surface area contributed by atoms with Crippen LogP contribution in [0.2, 0.25) is 0 Å². The van der Waals surface area contributed by atoms with Crippen LogP contribution in [-0.4, -0.2) is 96.7 Å². The Morgan fingerprint density at radius 1 is 0.833 bits per heavy atom. The molecule has 6 nitrogen and oxygen atoms in total. The van der Waals surface area contributed by atoms with Gasteiger partial charge in [-0.3, -0.25) is 9.80 Å². The summed E-state index contributed by atoms with van der Waals surface area (Å²) >= 11 is 0. The smallest absolute Gasteiger partial charge is 0.0558 e. The summed E-state index contributed by atoms with van der Waals surface area (Å²) in [4.78, 5) is 4.92. The van der Waals surface area contributed by atoms with E-state index in [9.17, 15) is 0 Å². The van der Waals surface area contributed by atoms with Gasteiger partial charge in [-0.05, 0) is 53.6 Å². The third-order valence-corrected chi connectivity index (χ3v) is 5.20. The summed E-state index contributed by atoms with van der Waals surface area (Å²) in [5.74, 6) is 0. The first-order chi connectivity index (χ1) is 11.3. The highest BCUT2D eigenvalue weighted by molar-refractivity contribution is 4.88. The van der Waals surface area contributed by atoms with Crippen molar-refractivity contribution in [3.8, 4) is 0 Å². The maximum absolute atomic E-state index is 9.05. The Morgan fingerprint density at radius 3 is 2.08 bits per heavy atom. The van der Waals surface area contributed by atoms with Crippen molar-refractivity contribution in [2.45, 2.75) is 51.6 Å². The van der Waals surface area contributed by atoms with Crippen LogP contribution < -0.4 is 10.6 Å². The summed E-state index contributed by atoms with van der Waals surface area (Å²) in [7, 11) is 0. The van der Waals surface area contributed by atoms with Crippen LogP contribution >= 0.6 is 0 Å². The third-order valence-electron chi connectivity index (χ3n) is 5.20. The minimum atomic E-state index is 0.109. The molecule has 144 valence electrons. The van der Waals surface area contributed by atoms with E-state index in [4.69, 9.17) is 10.2 Å². The summed E-state index contributed by atoms with van der Waals surface area (Å²) in [5.41, 5.74) is 0.307. The molecule has 0 radical (unpaired) electrons. The molecule has 0 aromatic heterocycles. The minimum Gasteiger partial charge on any atom is -0.395 e. The molecular weight excluding hydrogens is 304 g/mol. The van der Waals surface area contributed by atoms with Crippen LogP contribution in [0.15, 0.2) is 0 Å². The van der Waals surface area contributed by atoms with Crippen molar-refractivity contribution >= 4 is 0 Å². The molecule has 24 heavy (non-hydrogen) atoms. The van der Waals surface area contributed by atoms with Crippen LogP contribution in [0.5, 0.6) is 0 Å². The van der Waals surface area contributed by atoms with Crippen molar-refractivity contribution < 1.29 is 10.2 Å². The molecular formula is C18H40N4O2. The SMILES string of the molecule is CC(C)(CCNCCO)NCCC(C)(C)N1CCN(CCO)CC1. The average molecular weight is 345 g/mol. The van der Waals surface area contributed by atoms with Gasteiger partial charge in [-0.1, -0.05) is 0 Å². The zero-order valence-electron chi connectivity index (χ0n) is 16.3. The predicted octanol–water partition coefficient (Wildman–Crippen LogP) is 0.105. The zero-order valence-corrected chi connectivity index (χ0v) is 16.3. The van der Waals surface area contributed by atoms with Crippen molar-refractivity contribution in [3.63, 3.8) is 0 Å². The molecule has 1 aliphatic heterocycles. The molecule has 1 saturated heterocycles. The highest BCUT2D eigenvalue weighted by Gasteiger charge is 2.30. The lowest BCUT2D eigenvalue weighted by Gasteiger charge is -2.44. The topological polar surface area (TPSA) is 71.0 Å². The van der Waals surface area contributed by atoms with Crippen molar-refractivity contribution in [2.75, 3.05) is 65.6 Å². The molecule has 0 aromatic carbocycles. The maximum Gasteiger partial charge on any atom is 0.0558 e. The Kier molecular flexibility index (Phi) is 9.71. The standard InChI is InChI=1S/C18H40N4O2/c1-17(2,5-7-19-9-15-23)20-8-6-18(3,4)22-12-10-21(11-13-22)14-16-24/h19-20,23-24H,5-16H2,1-4H3. The van der Waals surface area contributed by atoms with E-state index < -0.39 is 0 Å². The Bertz CT molecular complexity index is 329. The molecule has 6 heteroatoms. The van der Waals surface area contributed by atoms with E-state index in [1.54, 1.807) is 0 Å². The number of aliphatic hydroxyl groups is 2. The largest absolute Gasteiger partial charge is 0.395 e. The van der Waals surface area contributed by atoms with Crippen molar-refractivity contribution in [2.24, 2.45) is 0 Å². The summed E-state index contributed by atoms with van der Waals surface area (Å²) in [6, 6.07) is 0. The van der Waals surface area contributed by atoms with Crippen molar-refractivity contribution in [3.05, 3.63) is 0 Å². The average Bonchev–Trinajstić information content (AvgIpc) is 2.52. The van der Waals surface area contributed by atoms with Crippen LogP contribution in [0.1, 0.15) is 40.5 Å². The Morgan fingerprint density at radius 2 is 1.50 bits per heavy atom. The number of β-amino-alcohol motifs (C(OH)–C–C–N with tert-alkyl or cyclic N) is 1. The van der Waals surface area contributed by atoms with Gasteiger partial charge in [0.15, 0.2) is 0 Å². The van der Waals surface area contributed by atoms with E-state index in [0.29, 0.717) is 6.54 Å². The lowest BCUT2D eigenvalue weighted by Crippen LogP contribution is -2.56. The summed E-state index contributed by atoms with van der Waals surface area (Å²) in [6.07, 6.45) is 2.17. The second kappa shape index (κ2) is 10.7. The van der Waals surface area contributed by atoms with Gasteiger partial charge in [-0.2, -0.15) is 0 Å². The van der Waals surface area contributed by atoms with Gasteiger partial charge in [0.25, 0.3) is 0 Å². The molecule has 1 rings (SSSR count). The van der Waals surface area contributed by atoms with Gasteiger partial charge in [-0.25, -0.2) is 0 Å². The van der Waals surface area contributed by atoms with Crippen molar-refractivity contribution in [1.82, 2.24) is 20.4 Å². The monoisotopic (exact) mass is 344 g/mol. The van der Waals surface area contributed by atoms with E-state index in [0.717, 1.165) is 58.7 Å². The molecule has 0 saturated carbocycles. The molecule has 0 amide bonds. The molecule has 0 spiro atoms. The van der Waals surface area contributed by atoms with Crippen LogP contribution in [0, 0.1) is 0 Å². The summed E-state index contributed by atoms with van der Waals surface area (Å²) in [6.45, 7) is 17.3.